The summed E-state index contributed by atoms with van der Waals surface area (Å²) >= 11 is 0. The van der Waals surface area contributed by atoms with Crippen molar-refractivity contribution in [1.82, 2.24) is 24.7 Å². The second kappa shape index (κ2) is 12.7. The van der Waals surface area contributed by atoms with Gasteiger partial charge in [-0.3, -0.25) is 9.47 Å². The van der Waals surface area contributed by atoms with E-state index < -0.39 is 0 Å². The Labute approximate surface area is 291 Å². The van der Waals surface area contributed by atoms with Crippen LogP contribution in [0.5, 0.6) is 0 Å². The van der Waals surface area contributed by atoms with Gasteiger partial charge in [-0.1, -0.05) is 94.4 Å². The van der Waals surface area contributed by atoms with Gasteiger partial charge >= 0.3 is 0 Å². The van der Waals surface area contributed by atoms with Crippen LogP contribution in [0.2, 0.25) is 0 Å². The van der Waals surface area contributed by atoms with Crippen LogP contribution >= 0.6 is 0 Å². The van der Waals surface area contributed by atoms with E-state index in [9.17, 15) is 0 Å². The molecule has 0 aliphatic carbocycles. The smallest absolute Gasteiger partial charge is 0.227 e. The molecule has 0 fully saturated rings. The summed E-state index contributed by atoms with van der Waals surface area (Å²) in [6, 6.07) is 41.8. The van der Waals surface area contributed by atoms with Crippen molar-refractivity contribution in [3.8, 4) is 28.3 Å². The van der Waals surface area contributed by atoms with E-state index in [0.29, 0.717) is 17.5 Å². The minimum atomic E-state index is 0.336. The Kier molecular flexibility index (Phi) is 7.96. The van der Waals surface area contributed by atoms with Crippen LogP contribution in [-0.2, 0) is 0 Å². The number of nitrogens with zero attached hydrogens (tertiary/aromatic N) is 6. The minimum Gasteiger partial charge on any atom is -0.437 e. The summed E-state index contributed by atoms with van der Waals surface area (Å²) in [4.78, 5) is 12.1. The number of hydrogen-bond acceptors (Lipinski definition) is 6. The Morgan fingerprint density at radius 2 is 1.38 bits per heavy atom. The summed E-state index contributed by atoms with van der Waals surface area (Å²) in [5, 5.41) is 11.1. The van der Waals surface area contributed by atoms with E-state index in [1.807, 2.05) is 55.7 Å². The molecule has 0 aliphatic rings. The van der Waals surface area contributed by atoms with Crippen LogP contribution in [0.25, 0.3) is 50.4 Å². The van der Waals surface area contributed by atoms with Crippen LogP contribution in [0.4, 0.5) is 17.2 Å². The van der Waals surface area contributed by atoms with Crippen LogP contribution < -0.4 is 4.90 Å². The monoisotopic (exact) mass is 654 g/mol. The summed E-state index contributed by atoms with van der Waals surface area (Å²) in [5.74, 6) is 2.24. The van der Waals surface area contributed by atoms with Crippen LogP contribution in [0.15, 0.2) is 132 Å². The lowest BCUT2D eigenvalue weighted by Crippen LogP contribution is -2.12. The van der Waals surface area contributed by atoms with E-state index in [0.717, 1.165) is 67.6 Å². The molecule has 8 aromatic rings. The van der Waals surface area contributed by atoms with Crippen molar-refractivity contribution in [3.63, 3.8) is 0 Å². The van der Waals surface area contributed by atoms with Gasteiger partial charge in [-0.05, 0) is 84.5 Å². The van der Waals surface area contributed by atoms with Gasteiger partial charge in [0.15, 0.2) is 5.82 Å². The standard InChI is InChI=1S/C43H38N6O/c1-27(2)33-17-10-18-34(28(3)4)40(33)48-26-44-47-42(48)30-13-9-16-32(25-30)49(31-14-7-6-8-15-31)39-22-12-21-38(46-39)37-20-11-19-35-36-24-23-29(5)45-43(36)50-41(35)37/h6-28H,1-5H3. The molecule has 246 valence electrons. The first-order chi connectivity index (χ1) is 24.4. The average Bonchev–Trinajstić information content (AvgIpc) is 3.77. The number of aromatic nitrogens is 5. The molecular weight excluding hydrogens is 617 g/mol. The van der Waals surface area contributed by atoms with Gasteiger partial charge in [0.2, 0.25) is 5.71 Å². The first-order valence-electron chi connectivity index (χ1n) is 17.1. The number of benzene rings is 4. The molecule has 0 atom stereocenters. The van der Waals surface area contributed by atoms with Crippen molar-refractivity contribution in [2.24, 2.45) is 0 Å². The molecule has 0 bridgehead atoms. The maximum absolute atomic E-state index is 6.36. The second-order valence-electron chi connectivity index (χ2n) is 13.3. The van der Waals surface area contributed by atoms with E-state index in [1.54, 1.807) is 0 Å². The molecule has 0 amide bonds. The number of para-hydroxylation sites is 3. The highest BCUT2D eigenvalue weighted by molar-refractivity contribution is 6.08. The fourth-order valence-corrected chi connectivity index (χ4v) is 6.83. The maximum Gasteiger partial charge on any atom is 0.227 e. The molecule has 0 saturated carbocycles. The fraction of sp³-hybridized carbons (Fsp3) is 0.163. The van der Waals surface area contributed by atoms with Crippen molar-refractivity contribution in [1.29, 1.82) is 0 Å². The Hall–Kier alpha value is -6.08. The second-order valence-corrected chi connectivity index (χ2v) is 13.3. The molecule has 0 radical (unpaired) electrons. The summed E-state index contributed by atoms with van der Waals surface area (Å²) in [6.45, 7) is 10.9. The van der Waals surface area contributed by atoms with Gasteiger partial charge in [-0.15, -0.1) is 10.2 Å². The normalized spacial score (nSPS) is 11.7. The first kappa shape index (κ1) is 31.2. The highest BCUT2D eigenvalue weighted by Crippen LogP contribution is 2.40. The molecule has 0 unspecified atom stereocenters. The number of furan rings is 1. The Bertz CT molecular complexity index is 2450. The zero-order chi connectivity index (χ0) is 34.4. The van der Waals surface area contributed by atoms with Crippen LogP contribution in [-0.4, -0.2) is 24.7 Å². The zero-order valence-electron chi connectivity index (χ0n) is 28.9. The molecule has 7 nitrogen and oxygen atoms in total. The molecule has 4 heterocycles. The van der Waals surface area contributed by atoms with E-state index in [2.05, 4.69) is 131 Å². The third-order valence-corrected chi connectivity index (χ3v) is 9.25. The van der Waals surface area contributed by atoms with Gasteiger partial charge in [0, 0.05) is 39.0 Å². The molecule has 50 heavy (non-hydrogen) atoms. The zero-order valence-corrected chi connectivity index (χ0v) is 28.9. The minimum absolute atomic E-state index is 0.336. The SMILES string of the molecule is Cc1ccc2c(n1)oc1c(-c3cccc(N(c4ccccc4)c4cccc(-c5nncn5-c5c(C(C)C)cccc5C(C)C)c4)n3)cccc12. The van der Waals surface area contributed by atoms with Crippen LogP contribution in [0, 0.1) is 6.92 Å². The fourth-order valence-electron chi connectivity index (χ4n) is 6.83. The molecule has 0 N–H and O–H groups in total. The van der Waals surface area contributed by atoms with E-state index in [1.165, 1.54) is 11.1 Å². The lowest BCUT2D eigenvalue weighted by molar-refractivity contribution is 0.653. The van der Waals surface area contributed by atoms with Gasteiger partial charge in [0.1, 0.15) is 17.7 Å². The number of fused-ring (bicyclic) bond motifs is 3. The van der Waals surface area contributed by atoms with Crippen LogP contribution in [0.1, 0.15) is 56.4 Å². The highest BCUT2D eigenvalue weighted by atomic mass is 16.3. The van der Waals surface area contributed by atoms with Gasteiger partial charge in [-0.25, -0.2) is 9.97 Å². The molecular formula is C43H38N6O. The molecule has 0 spiro atoms. The van der Waals surface area contributed by atoms with E-state index in [-0.39, 0.29) is 0 Å². The predicted molar refractivity (Wildman–Crippen MR) is 203 cm³/mol. The number of hydrogen-bond donors (Lipinski definition) is 0. The van der Waals surface area contributed by atoms with Gasteiger partial charge in [0.25, 0.3) is 0 Å². The molecule has 7 heteroatoms. The van der Waals surface area contributed by atoms with Crippen LogP contribution in [0.3, 0.4) is 0 Å². The van der Waals surface area contributed by atoms with Crippen molar-refractivity contribution in [2.45, 2.75) is 46.5 Å². The quantitative estimate of drug-likeness (QED) is 0.162. The highest BCUT2D eigenvalue weighted by Gasteiger charge is 2.22. The third-order valence-electron chi connectivity index (χ3n) is 9.25. The molecule has 4 aromatic carbocycles. The summed E-state index contributed by atoms with van der Waals surface area (Å²) < 4.78 is 8.51. The Balaban J connectivity index is 1.26. The van der Waals surface area contributed by atoms with E-state index >= 15 is 0 Å². The van der Waals surface area contributed by atoms with E-state index in [4.69, 9.17) is 9.40 Å². The third kappa shape index (κ3) is 5.50. The predicted octanol–water partition coefficient (Wildman–Crippen LogP) is 11.3. The number of rotatable bonds is 8. The lowest BCUT2D eigenvalue weighted by Gasteiger charge is -2.25. The summed E-state index contributed by atoms with van der Waals surface area (Å²) in [7, 11) is 0. The van der Waals surface area contributed by atoms with Crippen molar-refractivity contribution < 1.29 is 4.42 Å². The Morgan fingerprint density at radius 1 is 0.660 bits per heavy atom. The average molecular weight is 655 g/mol. The summed E-state index contributed by atoms with van der Waals surface area (Å²) in [6.07, 6.45) is 1.84. The van der Waals surface area contributed by atoms with Crippen molar-refractivity contribution in [3.05, 3.63) is 144 Å². The topological polar surface area (TPSA) is 72.9 Å². The Morgan fingerprint density at radius 3 is 2.16 bits per heavy atom. The number of anilines is 3. The maximum atomic E-state index is 6.36. The van der Waals surface area contributed by atoms with Crippen molar-refractivity contribution in [2.75, 3.05) is 4.90 Å². The number of pyridine rings is 2. The first-order valence-corrected chi connectivity index (χ1v) is 17.1. The lowest BCUT2D eigenvalue weighted by atomic mass is 9.92. The molecule has 4 aromatic heterocycles. The van der Waals surface area contributed by atoms with Gasteiger partial charge in [-0.2, -0.15) is 0 Å². The molecule has 8 rings (SSSR count). The number of aryl methyl sites for hydroxylation is 1. The largest absolute Gasteiger partial charge is 0.437 e. The summed E-state index contributed by atoms with van der Waals surface area (Å²) in [5.41, 5.74) is 10.7. The molecule has 0 saturated heterocycles. The molecule has 0 aliphatic heterocycles. The van der Waals surface area contributed by atoms with Crippen molar-refractivity contribution >= 4 is 39.3 Å². The van der Waals surface area contributed by atoms with Gasteiger partial charge in [0.05, 0.1) is 11.4 Å². The van der Waals surface area contributed by atoms with Gasteiger partial charge < -0.3 is 4.42 Å².